The minimum absolute atomic E-state index is 0.854. The van der Waals surface area contributed by atoms with Crippen molar-refractivity contribution in [3.05, 3.63) is 0 Å². The number of ether oxygens (including phenoxy) is 1. The maximum Gasteiger partial charge on any atom is 0.0590 e. The monoisotopic (exact) mass is 177 g/mol. The molecule has 0 spiro atoms. The highest BCUT2D eigenvalue weighted by Gasteiger charge is 1.87. The number of hydrogen-bond acceptors (Lipinski definition) is 2. The van der Waals surface area contributed by atoms with Gasteiger partial charge >= 0.3 is 0 Å². The predicted molar refractivity (Wildman–Crippen MR) is 53.1 cm³/mol. The van der Waals surface area contributed by atoms with Crippen molar-refractivity contribution in [2.45, 2.75) is 13.3 Å². The lowest BCUT2D eigenvalue weighted by Gasteiger charge is -2.02. The molecule has 0 aromatic rings. The molecule has 0 bridgehead atoms. The van der Waals surface area contributed by atoms with Crippen LogP contribution in [0.1, 0.15) is 13.3 Å². The van der Waals surface area contributed by atoms with E-state index in [-0.39, 0.29) is 0 Å². The number of nitrogens with one attached hydrogen (secondary N) is 1. The van der Waals surface area contributed by atoms with Crippen LogP contribution in [0.4, 0.5) is 0 Å². The van der Waals surface area contributed by atoms with E-state index >= 15 is 0 Å². The molecule has 0 saturated carbocycles. The predicted octanol–water partition coefficient (Wildman–Crippen LogP) is 1.31. The zero-order valence-electron chi connectivity index (χ0n) is 7.65. The summed E-state index contributed by atoms with van der Waals surface area (Å²) in [4.78, 5) is 0. The second kappa shape index (κ2) is 10.3. The average Bonchev–Trinajstić information content (AvgIpc) is 2.03. The van der Waals surface area contributed by atoms with Crippen molar-refractivity contribution < 1.29 is 4.74 Å². The molecule has 11 heavy (non-hydrogen) atoms. The van der Waals surface area contributed by atoms with Crippen LogP contribution in [0.25, 0.3) is 0 Å². The van der Waals surface area contributed by atoms with E-state index in [0.29, 0.717) is 0 Å². The van der Waals surface area contributed by atoms with Gasteiger partial charge in [0.1, 0.15) is 0 Å². The third-order valence-corrected chi connectivity index (χ3v) is 2.76. The molecule has 0 radical (unpaired) electrons. The first-order chi connectivity index (χ1) is 5.41. The molecule has 0 heterocycles. The molecule has 3 heteroatoms. The standard InChI is InChI=1S/C8H20NOP/c1-3-7-11-8-6-10-5-4-9-2/h9,11H,3-8H2,1-2H3. The highest BCUT2D eigenvalue weighted by atomic mass is 31.1. The van der Waals surface area contributed by atoms with E-state index < -0.39 is 0 Å². The lowest BCUT2D eigenvalue weighted by Crippen LogP contribution is -2.14. The molecule has 2 nitrogen and oxygen atoms in total. The molecule has 0 aliphatic rings. The molecule has 0 aliphatic carbocycles. The molecule has 0 aromatic carbocycles. The summed E-state index contributed by atoms with van der Waals surface area (Å²) < 4.78 is 5.37. The number of hydrogen-bond donors (Lipinski definition) is 1. The molecule has 0 aromatic heterocycles. The molecule has 1 N–H and O–H groups in total. The van der Waals surface area contributed by atoms with Gasteiger partial charge in [0.05, 0.1) is 13.2 Å². The molecule has 0 aliphatic heterocycles. The fourth-order valence-electron chi connectivity index (χ4n) is 0.722. The summed E-state index contributed by atoms with van der Waals surface area (Å²) in [7, 11) is 3.05. The van der Waals surface area contributed by atoms with Crippen molar-refractivity contribution in [1.29, 1.82) is 0 Å². The fourth-order valence-corrected chi connectivity index (χ4v) is 1.61. The second-order valence-electron chi connectivity index (χ2n) is 2.47. The molecular weight excluding hydrogens is 157 g/mol. The van der Waals surface area contributed by atoms with E-state index in [1.807, 2.05) is 7.05 Å². The SMILES string of the molecule is CCCPCCOCCNC. The lowest BCUT2D eigenvalue weighted by atomic mass is 10.6. The zero-order valence-corrected chi connectivity index (χ0v) is 8.65. The zero-order chi connectivity index (χ0) is 8.36. The lowest BCUT2D eigenvalue weighted by molar-refractivity contribution is 0.153. The molecule has 0 amide bonds. The van der Waals surface area contributed by atoms with Crippen molar-refractivity contribution in [2.75, 3.05) is 39.1 Å². The van der Waals surface area contributed by atoms with Crippen LogP contribution in [0.2, 0.25) is 0 Å². The normalized spacial score (nSPS) is 11.5. The molecular formula is C8H20NOP. The highest BCUT2D eigenvalue weighted by molar-refractivity contribution is 7.37. The van der Waals surface area contributed by atoms with E-state index in [9.17, 15) is 0 Å². The van der Waals surface area contributed by atoms with Crippen LogP contribution in [-0.2, 0) is 4.74 Å². The van der Waals surface area contributed by atoms with Crippen molar-refractivity contribution >= 4 is 8.58 Å². The van der Waals surface area contributed by atoms with Gasteiger partial charge in [-0.1, -0.05) is 13.3 Å². The van der Waals surface area contributed by atoms with Gasteiger partial charge in [0.25, 0.3) is 0 Å². The third kappa shape index (κ3) is 10.4. The van der Waals surface area contributed by atoms with Gasteiger partial charge in [-0.3, -0.25) is 0 Å². The van der Waals surface area contributed by atoms with Crippen LogP contribution >= 0.6 is 8.58 Å². The maximum atomic E-state index is 5.37. The van der Waals surface area contributed by atoms with E-state index in [1.54, 1.807) is 0 Å². The van der Waals surface area contributed by atoms with Gasteiger partial charge < -0.3 is 10.1 Å². The topological polar surface area (TPSA) is 21.3 Å². The van der Waals surface area contributed by atoms with E-state index in [1.165, 1.54) is 18.7 Å². The van der Waals surface area contributed by atoms with Gasteiger partial charge in [-0.2, -0.15) is 0 Å². The van der Waals surface area contributed by atoms with Crippen LogP contribution in [0.5, 0.6) is 0 Å². The van der Waals surface area contributed by atoms with Gasteiger partial charge in [-0.15, -0.1) is 8.58 Å². The second-order valence-corrected chi connectivity index (χ2v) is 3.97. The van der Waals surface area contributed by atoms with Gasteiger partial charge in [0, 0.05) is 6.54 Å². The smallest absolute Gasteiger partial charge is 0.0590 e. The largest absolute Gasteiger partial charge is 0.380 e. The Morgan fingerprint density at radius 1 is 1.27 bits per heavy atom. The summed E-state index contributed by atoms with van der Waals surface area (Å²) in [6.07, 6.45) is 3.93. The van der Waals surface area contributed by atoms with Crippen LogP contribution in [-0.4, -0.2) is 39.1 Å². The van der Waals surface area contributed by atoms with Crippen molar-refractivity contribution in [3.8, 4) is 0 Å². The number of rotatable bonds is 8. The molecule has 0 saturated heterocycles. The Balaban J connectivity index is 2.69. The van der Waals surface area contributed by atoms with Crippen LogP contribution in [0, 0.1) is 0 Å². The van der Waals surface area contributed by atoms with Crippen molar-refractivity contribution in [1.82, 2.24) is 5.32 Å². The van der Waals surface area contributed by atoms with E-state index in [2.05, 4.69) is 12.2 Å². The van der Waals surface area contributed by atoms with Gasteiger partial charge in [-0.05, 0) is 19.4 Å². The Kier molecular flexibility index (Phi) is 10.7. The van der Waals surface area contributed by atoms with Crippen molar-refractivity contribution in [3.63, 3.8) is 0 Å². The summed E-state index contributed by atoms with van der Waals surface area (Å²) in [5, 5.41) is 3.05. The van der Waals surface area contributed by atoms with E-state index in [4.69, 9.17) is 4.74 Å². The minimum atomic E-state index is 0.854. The summed E-state index contributed by atoms with van der Waals surface area (Å²) in [5.74, 6) is 0. The number of likely N-dealkylation sites (N-methyl/N-ethyl adjacent to an activating group) is 1. The molecule has 0 rings (SSSR count). The quantitative estimate of drug-likeness (QED) is 0.446. The molecule has 68 valence electrons. The first-order valence-corrected chi connectivity index (χ1v) is 5.76. The van der Waals surface area contributed by atoms with Gasteiger partial charge in [-0.25, -0.2) is 0 Å². The molecule has 1 unspecified atom stereocenters. The first-order valence-electron chi connectivity index (χ1n) is 4.35. The Hall–Kier alpha value is 0.350. The molecule has 1 atom stereocenters. The average molecular weight is 177 g/mol. The van der Waals surface area contributed by atoms with Crippen molar-refractivity contribution in [2.24, 2.45) is 0 Å². The fraction of sp³-hybridized carbons (Fsp3) is 1.00. The van der Waals surface area contributed by atoms with Crippen LogP contribution in [0.15, 0.2) is 0 Å². The Labute approximate surface area is 71.9 Å². The Morgan fingerprint density at radius 2 is 2.09 bits per heavy atom. The Morgan fingerprint density at radius 3 is 2.73 bits per heavy atom. The van der Waals surface area contributed by atoms with Crippen LogP contribution in [0.3, 0.4) is 0 Å². The summed E-state index contributed by atoms with van der Waals surface area (Å²) in [5.41, 5.74) is 0. The molecule has 0 fully saturated rings. The summed E-state index contributed by atoms with van der Waals surface area (Å²) >= 11 is 0. The minimum Gasteiger partial charge on any atom is -0.380 e. The first kappa shape index (κ1) is 11.4. The van der Waals surface area contributed by atoms with Gasteiger partial charge in [0.15, 0.2) is 0 Å². The maximum absolute atomic E-state index is 5.37. The van der Waals surface area contributed by atoms with Gasteiger partial charge in [0.2, 0.25) is 0 Å². The van der Waals surface area contributed by atoms with Crippen LogP contribution < -0.4 is 5.32 Å². The Bertz CT molecular complexity index is 63.1. The summed E-state index contributed by atoms with van der Waals surface area (Å²) in [6.45, 7) is 5.00. The van der Waals surface area contributed by atoms with E-state index in [0.717, 1.165) is 28.3 Å². The summed E-state index contributed by atoms with van der Waals surface area (Å²) in [6, 6.07) is 0. The third-order valence-electron chi connectivity index (χ3n) is 1.35. The highest BCUT2D eigenvalue weighted by Crippen LogP contribution is 2.09.